The van der Waals surface area contributed by atoms with E-state index in [1.54, 1.807) is 4.90 Å². The number of halogens is 1. The molecule has 1 aromatic carbocycles. The Morgan fingerprint density at radius 3 is 2.45 bits per heavy atom. The summed E-state index contributed by atoms with van der Waals surface area (Å²) in [5.41, 5.74) is 0.344. The molecule has 4 heteroatoms. The van der Waals surface area contributed by atoms with Gasteiger partial charge in [-0.2, -0.15) is 0 Å². The highest BCUT2D eigenvalue weighted by Gasteiger charge is 2.30. The van der Waals surface area contributed by atoms with E-state index >= 15 is 0 Å². The molecule has 1 saturated heterocycles. The van der Waals surface area contributed by atoms with E-state index in [1.807, 2.05) is 24.3 Å². The Morgan fingerprint density at radius 2 is 1.85 bits per heavy atom. The van der Waals surface area contributed by atoms with Crippen LogP contribution >= 0.6 is 15.9 Å². The van der Waals surface area contributed by atoms with Crippen LogP contribution in [0.5, 0.6) is 0 Å². The molecular formula is C16H25BrNO2+. The molecule has 3 nitrogen and oxygen atoms in total. The first-order chi connectivity index (χ1) is 9.64. The lowest BCUT2D eigenvalue weighted by atomic mass is 9.86. The van der Waals surface area contributed by atoms with E-state index in [0.29, 0.717) is 0 Å². The van der Waals surface area contributed by atoms with Crippen LogP contribution in [0, 0.1) is 0 Å². The Hall–Kier alpha value is -0.420. The van der Waals surface area contributed by atoms with Crippen molar-refractivity contribution in [3.8, 4) is 0 Å². The molecule has 20 heavy (non-hydrogen) atoms. The lowest BCUT2D eigenvalue weighted by Gasteiger charge is -2.31. The van der Waals surface area contributed by atoms with Crippen molar-refractivity contribution in [3.05, 3.63) is 34.3 Å². The predicted octanol–water partition coefficient (Wildman–Crippen LogP) is 1.74. The van der Waals surface area contributed by atoms with Crippen molar-refractivity contribution in [1.29, 1.82) is 0 Å². The molecule has 1 aromatic rings. The normalized spacial score (nSPS) is 19.8. The fourth-order valence-electron chi connectivity index (χ4n) is 2.88. The van der Waals surface area contributed by atoms with E-state index in [4.69, 9.17) is 4.74 Å². The molecule has 0 amide bonds. The zero-order chi connectivity index (χ0) is 14.4. The van der Waals surface area contributed by atoms with E-state index in [2.05, 4.69) is 22.9 Å². The summed E-state index contributed by atoms with van der Waals surface area (Å²) in [5, 5.41) is 11.0. The maximum Gasteiger partial charge on any atom is 0.101 e. The van der Waals surface area contributed by atoms with Crippen molar-refractivity contribution in [2.24, 2.45) is 0 Å². The van der Waals surface area contributed by atoms with Crippen molar-refractivity contribution in [2.75, 3.05) is 32.8 Å². The first-order valence-corrected chi connectivity index (χ1v) is 8.33. The van der Waals surface area contributed by atoms with Crippen LogP contribution in [0.4, 0.5) is 0 Å². The molecule has 1 aliphatic heterocycles. The molecule has 1 fully saturated rings. The van der Waals surface area contributed by atoms with Gasteiger partial charge in [-0.15, -0.1) is 0 Å². The standard InChI is InChI=1S/C16H24BrNO2/c1-2-7-16(19,14-3-5-15(17)6-4-14)8-9-18-10-12-20-13-11-18/h3-6,19H,2,7-13H2,1H3/p+1. The lowest BCUT2D eigenvalue weighted by Crippen LogP contribution is -3.14. The average molecular weight is 343 g/mol. The minimum Gasteiger partial charge on any atom is -0.385 e. The molecule has 0 radical (unpaired) electrons. The summed E-state index contributed by atoms with van der Waals surface area (Å²) in [7, 11) is 0. The number of hydrogen-bond acceptors (Lipinski definition) is 2. The molecular weight excluding hydrogens is 318 g/mol. The molecule has 1 heterocycles. The van der Waals surface area contributed by atoms with Gasteiger partial charge in [0.05, 0.1) is 25.4 Å². The van der Waals surface area contributed by atoms with Crippen molar-refractivity contribution in [1.82, 2.24) is 0 Å². The molecule has 2 rings (SSSR count). The molecule has 0 spiro atoms. The van der Waals surface area contributed by atoms with Crippen LogP contribution in [-0.4, -0.2) is 38.0 Å². The van der Waals surface area contributed by atoms with Gasteiger partial charge in [0.2, 0.25) is 0 Å². The summed E-state index contributed by atoms with van der Waals surface area (Å²) in [6.45, 7) is 6.95. The molecule has 1 aliphatic rings. The highest BCUT2D eigenvalue weighted by molar-refractivity contribution is 9.10. The van der Waals surface area contributed by atoms with E-state index in [9.17, 15) is 5.11 Å². The SMILES string of the molecule is CCCC(O)(CC[NH+]1CCOCC1)c1ccc(Br)cc1. The van der Waals surface area contributed by atoms with Gasteiger partial charge in [-0.3, -0.25) is 0 Å². The highest BCUT2D eigenvalue weighted by Crippen LogP contribution is 2.30. The Balaban J connectivity index is 2.02. The molecule has 1 unspecified atom stereocenters. The lowest BCUT2D eigenvalue weighted by molar-refractivity contribution is -0.909. The zero-order valence-electron chi connectivity index (χ0n) is 12.2. The summed E-state index contributed by atoms with van der Waals surface area (Å²) < 4.78 is 6.44. The highest BCUT2D eigenvalue weighted by atomic mass is 79.9. The second kappa shape index (κ2) is 7.55. The zero-order valence-corrected chi connectivity index (χ0v) is 13.8. The average Bonchev–Trinajstić information content (AvgIpc) is 2.47. The molecule has 0 aliphatic carbocycles. The monoisotopic (exact) mass is 342 g/mol. The number of ether oxygens (including phenoxy) is 1. The molecule has 1 atom stereocenters. The minimum absolute atomic E-state index is 0.694. The van der Waals surface area contributed by atoms with Crippen molar-refractivity contribution >= 4 is 15.9 Å². The molecule has 0 saturated carbocycles. The Morgan fingerprint density at radius 1 is 1.20 bits per heavy atom. The summed E-state index contributed by atoms with van der Waals surface area (Å²) >= 11 is 3.45. The van der Waals surface area contributed by atoms with E-state index in [-0.39, 0.29) is 0 Å². The van der Waals surface area contributed by atoms with E-state index < -0.39 is 5.60 Å². The van der Waals surface area contributed by atoms with Gasteiger partial charge in [-0.1, -0.05) is 41.4 Å². The van der Waals surface area contributed by atoms with Gasteiger partial charge in [0.1, 0.15) is 13.1 Å². The number of aliphatic hydroxyl groups is 1. The maximum atomic E-state index is 11.0. The van der Waals surface area contributed by atoms with Crippen molar-refractivity contribution in [2.45, 2.75) is 31.8 Å². The summed E-state index contributed by atoms with van der Waals surface area (Å²) in [6, 6.07) is 8.10. The number of quaternary nitrogens is 1. The van der Waals surface area contributed by atoms with Crippen molar-refractivity contribution < 1.29 is 14.7 Å². The van der Waals surface area contributed by atoms with Crippen LogP contribution in [0.2, 0.25) is 0 Å². The smallest absolute Gasteiger partial charge is 0.101 e. The van der Waals surface area contributed by atoms with Gasteiger partial charge in [-0.05, 0) is 24.1 Å². The van der Waals surface area contributed by atoms with E-state index in [0.717, 1.165) is 62.1 Å². The third-order valence-electron chi connectivity index (χ3n) is 4.14. The molecule has 0 bridgehead atoms. The van der Waals surface area contributed by atoms with Gasteiger partial charge in [0, 0.05) is 10.9 Å². The van der Waals surface area contributed by atoms with Crippen LogP contribution in [0.25, 0.3) is 0 Å². The van der Waals surface area contributed by atoms with Crippen LogP contribution in [0.3, 0.4) is 0 Å². The number of benzene rings is 1. The number of morpholine rings is 1. The van der Waals surface area contributed by atoms with Gasteiger partial charge in [0.25, 0.3) is 0 Å². The molecule has 112 valence electrons. The number of hydrogen-bond donors (Lipinski definition) is 2. The van der Waals surface area contributed by atoms with Gasteiger partial charge >= 0.3 is 0 Å². The van der Waals surface area contributed by atoms with Gasteiger partial charge in [-0.25, -0.2) is 0 Å². The number of nitrogens with one attached hydrogen (secondary N) is 1. The largest absolute Gasteiger partial charge is 0.385 e. The second-order valence-electron chi connectivity index (χ2n) is 5.65. The van der Waals surface area contributed by atoms with E-state index in [1.165, 1.54) is 0 Å². The summed E-state index contributed by atoms with van der Waals surface area (Å²) in [6.07, 6.45) is 2.63. The quantitative estimate of drug-likeness (QED) is 0.825. The third kappa shape index (κ3) is 4.29. The Bertz CT molecular complexity index is 403. The van der Waals surface area contributed by atoms with Crippen LogP contribution in [-0.2, 0) is 10.3 Å². The van der Waals surface area contributed by atoms with Crippen LogP contribution in [0.1, 0.15) is 31.7 Å². The first-order valence-electron chi connectivity index (χ1n) is 7.54. The Labute approximate surface area is 130 Å². The van der Waals surface area contributed by atoms with Gasteiger partial charge in [0.15, 0.2) is 0 Å². The Kier molecular flexibility index (Phi) is 6.02. The minimum atomic E-state index is -0.694. The second-order valence-corrected chi connectivity index (χ2v) is 6.57. The van der Waals surface area contributed by atoms with Crippen molar-refractivity contribution in [3.63, 3.8) is 0 Å². The fourth-order valence-corrected chi connectivity index (χ4v) is 3.15. The maximum absolute atomic E-state index is 11.0. The predicted molar refractivity (Wildman–Crippen MR) is 83.9 cm³/mol. The van der Waals surface area contributed by atoms with Crippen LogP contribution < -0.4 is 4.90 Å². The topological polar surface area (TPSA) is 33.9 Å². The fraction of sp³-hybridized carbons (Fsp3) is 0.625. The summed E-state index contributed by atoms with van der Waals surface area (Å²) in [5.74, 6) is 0. The first kappa shape index (κ1) is 16.0. The summed E-state index contributed by atoms with van der Waals surface area (Å²) in [4.78, 5) is 1.54. The van der Waals surface area contributed by atoms with Gasteiger partial charge < -0.3 is 14.7 Å². The third-order valence-corrected chi connectivity index (χ3v) is 4.67. The molecule has 2 N–H and O–H groups in total. The van der Waals surface area contributed by atoms with Crippen LogP contribution in [0.15, 0.2) is 28.7 Å². The number of rotatable bonds is 6. The molecule has 0 aromatic heterocycles.